The minimum absolute atomic E-state index is 0.00187. The Balaban J connectivity index is 1.18. The van der Waals surface area contributed by atoms with Gasteiger partial charge in [0.25, 0.3) is 0 Å². The van der Waals surface area contributed by atoms with Gasteiger partial charge in [-0.25, -0.2) is 4.79 Å². The number of hydrogen-bond donors (Lipinski definition) is 2. The summed E-state index contributed by atoms with van der Waals surface area (Å²) in [6.07, 6.45) is 10.3. The number of benzene rings is 1. The number of ketones is 1. The fraction of sp³-hybridized carbons (Fsp3) is 0.765. The predicted molar refractivity (Wildman–Crippen MR) is 154 cm³/mol. The van der Waals surface area contributed by atoms with Crippen molar-refractivity contribution in [2.45, 2.75) is 111 Å². The number of aliphatic hydroxyl groups is 1. The summed E-state index contributed by atoms with van der Waals surface area (Å²) >= 11 is 0. The smallest absolute Gasteiger partial charge is 0.339 e. The molecule has 5 heteroatoms. The van der Waals surface area contributed by atoms with Crippen LogP contribution in [0.15, 0.2) is 18.2 Å². The number of fused-ring (bicyclic) bond motifs is 5. The van der Waals surface area contributed by atoms with Crippen LogP contribution in [0, 0.1) is 60.2 Å². The van der Waals surface area contributed by atoms with E-state index in [1.807, 2.05) is 32.0 Å². The van der Waals surface area contributed by atoms with Crippen molar-refractivity contribution in [3.8, 4) is 0 Å². The van der Waals surface area contributed by atoms with Crippen molar-refractivity contribution in [2.75, 3.05) is 6.61 Å². The number of carbonyl (C=O) groups excluding carboxylic acids is 2. The minimum atomic E-state index is -0.406. The van der Waals surface area contributed by atoms with Crippen LogP contribution in [0.5, 0.6) is 0 Å². The summed E-state index contributed by atoms with van der Waals surface area (Å²) in [5.41, 5.74) is 9.24. The van der Waals surface area contributed by atoms with Gasteiger partial charge >= 0.3 is 5.97 Å². The van der Waals surface area contributed by atoms with Crippen LogP contribution in [0.1, 0.15) is 106 Å². The number of Topliss-reactive ketones (excluding diaryl/α,β-unsaturated/α-hetero) is 1. The van der Waals surface area contributed by atoms with Gasteiger partial charge in [0, 0.05) is 12.5 Å². The molecule has 4 aliphatic rings. The largest absolute Gasteiger partial charge is 0.454 e. The van der Waals surface area contributed by atoms with Gasteiger partial charge in [-0.05, 0) is 129 Å². The Morgan fingerprint density at radius 2 is 1.69 bits per heavy atom. The van der Waals surface area contributed by atoms with E-state index in [4.69, 9.17) is 10.5 Å². The Kier molecular flexibility index (Phi) is 8.07. The maximum atomic E-state index is 12.7. The summed E-state index contributed by atoms with van der Waals surface area (Å²) in [6, 6.07) is 6.01. The lowest BCUT2D eigenvalue weighted by Gasteiger charge is -2.62. The Hall–Kier alpha value is -1.72. The van der Waals surface area contributed by atoms with E-state index >= 15 is 0 Å². The first-order chi connectivity index (χ1) is 18.5. The molecule has 0 saturated heterocycles. The standard InChI is InChI=1S/C34H51NO4/c1-20(9-10-25(36)19-39-32(38)30-21(2)7-6-8-22(30)3)26-11-12-27-31-28(14-16-34(26,27)5)33(4)15-13-24(35)17-23(33)18-29(31)37/h6-8,20,23-24,26-29,31,37H,9-19,35H2,1-5H3/t20-,23+,24-,26-,27+,28+,29-,31+,33+,34-/m1/s1. The summed E-state index contributed by atoms with van der Waals surface area (Å²) < 4.78 is 5.42. The molecule has 0 spiro atoms. The highest BCUT2D eigenvalue weighted by Crippen LogP contribution is 2.68. The monoisotopic (exact) mass is 537 g/mol. The van der Waals surface area contributed by atoms with Crippen LogP contribution in [0.25, 0.3) is 0 Å². The van der Waals surface area contributed by atoms with Crippen LogP contribution in [-0.4, -0.2) is 35.6 Å². The Labute approximate surface area is 235 Å². The zero-order chi connectivity index (χ0) is 28.1. The van der Waals surface area contributed by atoms with Crippen LogP contribution in [-0.2, 0) is 9.53 Å². The van der Waals surface area contributed by atoms with E-state index in [1.54, 1.807) is 0 Å². The number of rotatable bonds is 7. The van der Waals surface area contributed by atoms with E-state index in [9.17, 15) is 14.7 Å². The van der Waals surface area contributed by atoms with Gasteiger partial charge in [0.1, 0.15) is 6.61 Å². The highest BCUT2D eigenvalue weighted by atomic mass is 16.5. The quantitative estimate of drug-likeness (QED) is 0.393. The van der Waals surface area contributed by atoms with E-state index in [0.717, 1.165) is 36.8 Å². The molecule has 4 saturated carbocycles. The molecule has 0 radical (unpaired) electrons. The molecule has 0 amide bonds. The first-order valence-electron chi connectivity index (χ1n) is 15.6. The van der Waals surface area contributed by atoms with Crippen molar-refractivity contribution < 1.29 is 19.4 Å². The average molecular weight is 538 g/mol. The summed E-state index contributed by atoms with van der Waals surface area (Å²) in [4.78, 5) is 25.3. The maximum Gasteiger partial charge on any atom is 0.339 e. The Morgan fingerprint density at radius 1 is 1.03 bits per heavy atom. The lowest BCUT2D eigenvalue weighted by Crippen LogP contribution is -2.59. The zero-order valence-corrected chi connectivity index (χ0v) is 24.9. The number of esters is 1. The van der Waals surface area contributed by atoms with Crippen molar-refractivity contribution >= 4 is 11.8 Å². The summed E-state index contributed by atoms with van der Waals surface area (Å²) in [7, 11) is 0. The van der Waals surface area contributed by atoms with Gasteiger partial charge in [-0.3, -0.25) is 4.79 Å². The molecule has 1 aromatic carbocycles. The molecule has 5 nitrogen and oxygen atoms in total. The Morgan fingerprint density at radius 3 is 2.41 bits per heavy atom. The summed E-state index contributed by atoms with van der Waals surface area (Å²) in [5.74, 6) is 2.76. The topological polar surface area (TPSA) is 89.6 Å². The molecule has 10 atom stereocenters. The van der Waals surface area contributed by atoms with Gasteiger partial charge in [-0.1, -0.05) is 39.0 Å². The number of ether oxygens (including phenoxy) is 1. The van der Waals surface area contributed by atoms with Crippen molar-refractivity contribution in [2.24, 2.45) is 52.1 Å². The zero-order valence-electron chi connectivity index (χ0n) is 24.9. The highest BCUT2D eigenvalue weighted by Gasteiger charge is 2.62. The second-order valence-corrected chi connectivity index (χ2v) is 14.5. The lowest BCUT2D eigenvalue weighted by molar-refractivity contribution is -0.166. The van der Waals surface area contributed by atoms with E-state index < -0.39 is 5.97 Å². The van der Waals surface area contributed by atoms with Gasteiger partial charge in [-0.2, -0.15) is 0 Å². The third-order valence-corrected chi connectivity index (χ3v) is 12.4. The van der Waals surface area contributed by atoms with Crippen LogP contribution in [0.2, 0.25) is 0 Å². The second-order valence-electron chi connectivity index (χ2n) is 14.5. The Bertz CT molecular complexity index is 1060. The molecule has 1 aromatic rings. The molecule has 0 aliphatic heterocycles. The highest BCUT2D eigenvalue weighted by molar-refractivity contribution is 5.94. The van der Waals surface area contributed by atoms with E-state index in [-0.39, 0.29) is 23.9 Å². The SMILES string of the molecule is Cc1cccc(C)c1C(=O)OCC(=O)CC[C@@H](C)[C@H]1CC[C@H]2[C@@H]3[C@H](O)C[C@@H]4C[C@H](N)CC[C@]4(C)[C@H]3CC[C@]12C. The van der Waals surface area contributed by atoms with E-state index in [2.05, 4.69) is 20.8 Å². The molecule has 3 N–H and O–H groups in total. The van der Waals surface area contributed by atoms with Crippen LogP contribution in [0.3, 0.4) is 0 Å². The molecular weight excluding hydrogens is 486 g/mol. The first-order valence-corrected chi connectivity index (χ1v) is 15.6. The van der Waals surface area contributed by atoms with E-state index in [0.29, 0.717) is 58.9 Å². The van der Waals surface area contributed by atoms with Crippen molar-refractivity contribution in [1.29, 1.82) is 0 Å². The van der Waals surface area contributed by atoms with Gasteiger partial charge in [0.05, 0.1) is 11.7 Å². The molecular formula is C34H51NO4. The molecule has 4 fully saturated rings. The van der Waals surface area contributed by atoms with Crippen molar-refractivity contribution in [3.63, 3.8) is 0 Å². The molecule has 5 rings (SSSR count). The third-order valence-electron chi connectivity index (χ3n) is 12.4. The number of aliphatic hydroxyl groups excluding tert-OH is 1. The van der Waals surface area contributed by atoms with Crippen LogP contribution >= 0.6 is 0 Å². The maximum absolute atomic E-state index is 12.7. The van der Waals surface area contributed by atoms with Crippen LogP contribution in [0.4, 0.5) is 0 Å². The predicted octanol–water partition coefficient (Wildman–Crippen LogP) is 6.40. The number of nitrogens with two attached hydrogens (primary N) is 1. The number of hydrogen-bond acceptors (Lipinski definition) is 5. The van der Waals surface area contributed by atoms with Crippen LogP contribution < -0.4 is 5.73 Å². The minimum Gasteiger partial charge on any atom is -0.454 e. The average Bonchev–Trinajstić information content (AvgIpc) is 3.24. The number of carbonyl (C=O) groups is 2. The first kappa shape index (κ1) is 28.8. The fourth-order valence-electron chi connectivity index (χ4n) is 10.2. The second kappa shape index (κ2) is 10.9. The van der Waals surface area contributed by atoms with E-state index in [1.165, 1.54) is 32.1 Å². The molecule has 4 aliphatic carbocycles. The molecule has 216 valence electrons. The van der Waals surface area contributed by atoms with Crippen molar-refractivity contribution in [1.82, 2.24) is 0 Å². The van der Waals surface area contributed by atoms with Gasteiger partial charge < -0.3 is 15.6 Å². The molecule has 0 aromatic heterocycles. The normalized spacial score (nSPS) is 40.2. The molecule has 39 heavy (non-hydrogen) atoms. The van der Waals surface area contributed by atoms with Crippen molar-refractivity contribution in [3.05, 3.63) is 34.9 Å². The number of aryl methyl sites for hydroxylation is 2. The molecule has 0 heterocycles. The summed E-state index contributed by atoms with van der Waals surface area (Å²) in [6.45, 7) is 11.0. The van der Waals surface area contributed by atoms with Gasteiger partial charge in [0.15, 0.2) is 5.78 Å². The van der Waals surface area contributed by atoms with Gasteiger partial charge in [0.2, 0.25) is 0 Å². The molecule has 0 unspecified atom stereocenters. The summed E-state index contributed by atoms with van der Waals surface area (Å²) in [5, 5.41) is 11.5. The van der Waals surface area contributed by atoms with Gasteiger partial charge in [-0.15, -0.1) is 0 Å². The fourth-order valence-corrected chi connectivity index (χ4v) is 10.2. The lowest BCUT2D eigenvalue weighted by atomic mass is 9.43. The third kappa shape index (κ3) is 5.12. The molecule has 0 bridgehead atoms.